The molecule has 49 heavy (non-hydrogen) atoms. The van der Waals surface area contributed by atoms with E-state index in [9.17, 15) is 0 Å². The number of fused-ring (bicyclic) bond motifs is 6. The summed E-state index contributed by atoms with van der Waals surface area (Å²) in [5.41, 5.74) is 9.75. The van der Waals surface area contributed by atoms with Crippen molar-refractivity contribution < 1.29 is 4.74 Å². The number of aryl methyl sites for hydroxylation is 1. The molecule has 1 aliphatic heterocycles. The predicted molar refractivity (Wildman–Crippen MR) is 200 cm³/mol. The molecule has 1 unspecified atom stereocenters. The zero-order valence-corrected chi connectivity index (χ0v) is 26.7. The van der Waals surface area contributed by atoms with Crippen LogP contribution in [0.2, 0.25) is 0 Å². The maximum absolute atomic E-state index is 6.64. The first-order valence-electron chi connectivity index (χ1n) is 16.9. The van der Waals surface area contributed by atoms with E-state index in [1.165, 1.54) is 43.8 Å². The SMILES string of the molecule is c1ccc(C2NC3=C(O2)c2c(ccc4cc(-c5nc(-c6ccc7ccccc7c6)cc(-c6ccc7ccccc7c6)n5)ccc24)CC3)cc1. The summed E-state index contributed by atoms with van der Waals surface area (Å²) < 4.78 is 6.64. The van der Waals surface area contributed by atoms with Crippen LogP contribution >= 0.6 is 0 Å². The van der Waals surface area contributed by atoms with E-state index in [2.05, 4.69) is 151 Å². The average molecular weight is 630 g/mol. The van der Waals surface area contributed by atoms with Crippen LogP contribution in [0.5, 0.6) is 0 Å². The number of aromatic nitrogens is 2. The molecular formula is C45H31N3O. The van der Waals surface area contributed by atoms with Gasteiger partial charge in [-0.05, 0) is 75.0 Å². The highest BCUT2D eigenvalue weighted by molar-refractivity contribution is 5.97. The number of ether oxygens (including phenoxy) is 1. The van der Waals surface area contributed by atoms with Crippen molar-refractivity contribution in [3.63, 3.8) is 0 Å². The summed E-state index contributed by atoms with van der Waals surface area (Å²) in [5, 5.41) is 10.8. The summed E-state index contributed by atoms with van der Waals surface area (Å²) in [7, 11) is 0. The average Bonchev–Trinajstić information content (AvgIpc) is 3.62. The molecule has 0 spiro atoms. The first-order chi connectivity index (χ1) is 24.2. The molecule has 7 aromatic carbocycles. The van der Waals surface area contributed by atoms with Gasteiger partial charge in [-0.3, -0.25) is 0 Å². The Morgan fingerprint density at radius 3 is 1.80 bits per heavy atom. The topological polar surface area (TPSA) is 47.0 Å². The summed E-state index contributed by atoms with van der Waals surface area (Å²) in [6.45, 7) is 0. The lowest BCUT2D eigenvalue weighted by Crippen LogP contribution is -2.16. The number of hydrogen-bond donors (Lipinski definition) is 1. The van der Waals surface area contributed by atoms with Crippen LogP contribution in [-0.2, 0) is 11.2 Å². The van der Waals surface area contributed by atoms with E-state index in [1.807, 2.05) is 6.07 Å². The van der Waals surface area contributed by atoms with Gasteiger partial charge in [0.1, 0.15) is 5.76 Å². The van der Waals surface area contributed by atoms with Gasteiger partial charge in [-0.1, -0.05) is 127 Å². The maximum Gasteiger partial charge on any atom is 0.196 e. The van der Waals surface area contributed by atoms with Crippen molar-refractivity contribution in [3.8, 4) is 33.9 Å². The molecule has 0 saturated heterocycles. The Hall–Kier alpha value is -6.26. The first kappa shape index (κ1) is 27.8. The van der Waals surface area contributed by atoms with Gasteiger partial charge in [-0.15, -0.1) is 0 Å². The van der Waals surface area contributed by atoms with E-state index in [0.717, 1.165) is 57.6 Å². The first-order valence-corrected chi connectivity index (χ1v) is 16.9. The van der Waals surface area contributed by atoms with E-state index in [4.69, 9.17) is 14.7 Å². The highest BCUT2D eigenvalue weighted by Gasteiger charge is 2.32. The molecule has 4 nitrogen and oxygen atoms in total. The summed E-state index contributed by atoms with van der Waals surface area (Å²) in [6, 6.07) is 53.7. The largest absolute Gasteiger partial charge is 0.464 e. The van der Waals surface area contributed by atoms with E-state index in [0.29, 0.717) is 5.82 Å². The van der Waals surface area contributed by atoms with Crippen molar-refractivity contribution in [1.82, 2.24) is 15.3 Å². The minimum atomic E-state index is -0.175. The molecule has 0 amide bonds. The molecule has 1 atom stereocenters. The van der Waals surface area contributed by atoms with Gasteiger partial charge in [0.25, 0.3) is 0 Å². The second-order valence-electron chi connectivity index (χ2n) is 13.0. The second-order valence-corrected chi connectivity index (χ2v) is 13.0. The molecule has 4 heteroatoms. The zero-order chi connectivity index (χ0) is 32.3. The van der Waals surface area contributed by atoms with Gasteiger partial charge in [0.2, 0.25) is 0 Å². The van der Waals surface area contributed by atoms with Crippen molar-refractivity contribution in [2.45, 2.75) is 19.1 Å². The van der Waals surface area contributed by atoms with E-state index < -0.39 is 0 Å². The van der Waals surface area contributed by atoms with Crippen LogP contribution in [0.25, 0.3) is 72.0 Å². The molecule has 0 saturated carbocycles. The number of nitrogens with zero attached hydrogens (tertiary/aromatic N) is 2. The monoisotopic (exact) mass is 629 g/mol. The lowest BCUT2D eigenvalue weighted by molar-refractivity contribution is 0.174. The van der Waals surface area contributed by atoms with Crippen molar-refractivity contribution >= 4 is 38.1 Å². The van der Waals surface area contributed by atoms with Crippen molar-refractivity contribution in [1.29, 1.82) is 0 Å². The van der Waals surface area contributed by atoms with Crippen molar-refractivity contribution in [2.24, 2.45) is 0 Å². The van der Waals surface area contributed by atoms with E-state index in [1.54, 1.807) is 0 Å². The molecule has 10 rings (SSSR count). The molecule has 2 aliphatic rings. The smallest absolute Gasteiger partial charge is 0.196 e. The van der Waals surface area contributed by atoms with Gasteiger partial charge >= 0.3 is 0 Å². The molecule has 1 aromatic heterocycles. The van der Waals surface area contributed by atoms with Crippen molar-refractivity contribution in [2.75, 3.05) is 0 Å². The number of nitrogens with one attached hydrogen (secondary N) is 1. The summed E-state index contributed by atoms with van der Waals surface area (Å²) in [5.74, 6) is 1.68. The van der Waals surface area contributed by atoms with Gasteiger partial charge in [0.15, 0.2) is 12.1 Å². The van der Waals surface area contributed by atoms with E-state index >= 15 is 0 Å². The zero-order valence-electron chi connectivity index (χ0n) is 26.7. The highest BCUT2D eigenvalue weighted by atomic mass is 16.5. The van der Waals surface area contributed by atoms with Crippen LogP contribution in [0.15, 0.2) is 157 Å². The Balaban J connectivity index is 1.10. The van der Waals surface area contributed by atoms with Gasteiger partial charge in [0.05, 0.1) is 17.1 Å². The third-order valence-corrected chi connectivity index (χ3v) is 9.97. The third-order valence-electron chi connectivity index (χ3n) is 9.97. The fourth-order valence-electron chi connectivity index (χ4n) is 7.44. The van der Waals surface area contributed by atoms with Crippen LogP contribution in [-0.4, -0.2) is 9.97 Å². The fraction of sp³-hybridized carbons (Fsp3) is 0.0667. The van der Waals surface area contributed by atoms with Gasteiger partial charge < -0.3 is 10.1 Å². The Bertz CT molecular complexity index is 2530. The molecule has 232 valence electrons. The second kappa shape index (κ2) is 11.2. The third kappa shape index (κ3) is 4.84. The van der Waals surface area contributed by atoms with Gasteiger partial charge in [0, 0.05) is 27.8 Å². The van der Waals surface area contributed by atoms with E-state index in [-0.39, 0.29) is 6.23 Å². The van der Waals surface area contributed by atoms with Gasteiger partial charge in [-0.2, -0.15) is 0 Å². The molecule has 8 aromatic rings. The summed E-state index contributed by atoms with van der Waals surface area (Å²) in [6.07, 6.45) is 1.75. The molecule has 0 bridgehead atoms. The molecule has 0 radical (unpaired) electrons. The Morgan fingerprint density at radius 1 is 0.510 bits per heavy atom. The fourth-order valence-corrected chi connectivity index (χ4v) is 7.44. The number of allylic oxidation sites excluding steroid dienone is 1. The molecule has 0 fully saturated rings. The quantitative estimate of drug-likeness (QED) is 0.210. The molecule has 1 N–H and O–H groups in total. The Kier molecular flexibility index (Phi) is 6.34. The molecular weight excluding hydrogens is 599 g/mol. The molecule has 2 heterocycles. The lowest BCUT2D eigenvalue weighted by atomic mass is 9.89. The normalized spacial score (nSPS) is 15.2. The van der Waals surface area contributed by atoms with Crippen molar-refractivity contribution in [3.05, 3.63) is 174 Å². The van der Waals surface area contributed by atoms with Crippen LogP contribution in [0.3, 0.4) is 0 Å². The van der Waals surface area contributed by atoms with Crippen LogP contribution in [0.1, 0.15) is 29.3 Å². The summed E-state index contributed by atoms with van der Waals surface area (Å²) in [4.78, 5) is 10.4. The summed E-state index contributed by atoms with van der Waals surface area (Å²) >= 11 is 0. The Morgan fingerprint density at radius 2 is 1.10 bits per heavy atom. The van der Waals surface area contributed by atoms with Crippen LogP contribution in [0, 0.1) is 0 Å². The van der Waals surface area contributed by atoms with Crippen LogP contribution in [0.4, 0.5) is 0 Å². The minimum absolute atomic E-state index is 0.175. The standard InChI is InChI=1S/C45H31N3O/c1-2-10-31(11-3-1)45-48-39-23-21-30-16-17-34-26-37(20-22-38(34)42(30)43(39)49-45)44-46-40(35-18-14-28-8-4-6-12-32(28)24-35)27-41(47-44)36-19-15-29-9-5-7-13-33(29)25-36/h1-20,22,24-27,45,48H,21,23H2. The van der Waals surface area contributed by atoms with Crippen LogP contribution < -0.4 is 5.32 Å². The minimum Gasteiger partial charge on any atom is -0.464 e. The maximum atomic E-state index is 6.64. The predicted octanol–water partition coefficient (Wildman–Crippen LogP) is 10.9. The highest BCUT2D eigenvalue weighted by Crippen LogP contribution is 2.43. The van der Waals surface area contributed by atoms with Gasteiger partial charge in [-0.25, -0.2) is 9.97 Å². The number of rotatable bonds is 4. The number of benzene rings is 7. The molecule has 1 aliphatic carbocycles. The Labute approximate surface area is 284 Å². The number of hydrogen-bond acceptors (Lipinski definition) is 4. The lowest BCUT2D eigenvalue weighted by Gasteiger charge is -2.19.